The summed E-state index contributed by atoms with van der Waals surface area (Å²) in [6, 6.07) is 5.72. The maximum Gasteiger partial charge on any atom is 0.349 e. The van der Waals surface area contributed by atoms with E-state index in [9.17, 15) is 19.5 Å². The number of phenols is 1. The lowest BCUT2D eigenvalue weighted by molar-refractivity contribution is -0.119. The smallest absolute Gasteiger partial charge is 0.349 e. The minimum Gasteiger partial charge on any atom is -0.508 e. The van der Waals surface area contributed by atoms with Gasteiger partial charge in [-0.2, -0.15) is 0 Å². The molecule has 9 nitrogen and oxygen atoms in total. The fraction of sp³-hybridized carbons (Fsp3) is 0.389. The zero-order valence-corrected chi connectivity index (χ0v) is 14.9. The number of ether oxygens (including phenoxy) is 2. The first kappa shape index (κ1) is 20.4. The van der Waals surface area contributed by atoms with Crippen molar-refractivity contribution < 1.29 is 28.6 Å². The monoisotopic (exact) mass is 378 g/mol. The number of carbonyl (C=O) groups is 2. The number of rotatable bonds is 10. The number of hydrogen-bond acceptors (Lipinski definition) is 7. The van der Waals surface area contributed by atoms with Crippen LogP contribution in [0.25, 0.3) is 11.0 Å². The average molecular weight is 378 g/mol. The van der Waals surface area contributed by atoms with Crippen LogP contribution in [0.1, 0.15) is 17.3 Å². The zero-order chi connectivity index (χ0) is 19.6. The highest BCUT2D eigenvalue weighted by molar-refractivity contribution is 5.96. The van der Waals surface area contributed by atoms with Crippen LogP contribution in [0.5, 0.6) is 5.75 Å². The van der Waals surface area contributed by atoms with Crippen LogP contribution in [0, 0.1) is 0 Å². The summed E-state index contributed by atoms with van der Waals surface area (Å²) in [6.45, 7) is 3.47. The van der Waals surface area contributed by atoms with Gasteiger partial charge >= 0.3 is 5.63 Å². The van der Waals surface area contributed by atoms with E-state index in [1.165, 1.54) is 25.1 Å². The summed E-state index contributed by atoms with van der Waals surface area (Å²) in [6.07, 6.45) is 0. The van der Waals surface area contributed by atoms with Crippen molar-refractivity contribution in [3.8, 4) is 5.75 Å². The molecule has 0 saturated heterocycles. The van der Waals surface area contributed by atoms with E-state index < -0.39 is 11.5 Å². The Morgan fingerprint density at radius 1 is 1.04 bits per heavy atom. The molecule has 2 rings (SSSR count). The Labute approximate surface area is 155 Å². The van der Waals surface area contributed by atoms with Gasteiger partial charge in [-0.05, 0) is 18.2 Å². The Morgan fingerprint density at radius 2 is 1.70 bits per heavy atom. The molecule has 0 atom stereocenters. The summed E-state index contributed by atoms with van der Waals surface area (Å²) >= 11 is 0. The number of phenolic OH excluding ortho intramolecular Hbond substituents is 1. The van der Waals surface area contributed by atoms with Crippen LogP contribution < -0.4 is 16.3 Å². The van der Waals surface area contributed by atoms with Crippen LogP contribution in [0.4, 0.5) is 0 Å². The molecule has 1 aromatic heterocycles. The highest BCUT2D eigenvalue weighted by Gasteiger charge is 2.13. The van der Waals surface area contributed by atoms with E-state index in [0.29, 0.717) is 31.8 Å². The van der Waals surface area contributed by atoms with Gasteiger partial charge < -0.3 is 29.6 Å². The number of carbonyl (C=O) groups excluding carboxylic acids is 2. The van der Waals surface area contributed by atoms with Gasteiger partial charge in [-0.1, -0.05) is 0 Å². The lowest BCUT2D eigenvalue weighted by Gasteiger charge is -2.07. The van der Waals surface area contributed by atoms with E-state index >= 15 is 0 Å². The van der Waals surface area contributed by atoms with Crippen molar-refractivity contribution in [2.75, 3.05) is 39.5 Å². The topological polar surface area (TPSA) is 127 Å². The van der Waals surface area contributed by atoms with Crippen molar-refractivity contribution >= 4 is 22.8 Å². The lowest BCUT2D eigenvalue weighted by atomic mass is 10.1. The van der Waals surface area contributed by atoms with Crippen LogP contribution in [-0.4, -0.2) is 56.4 Å². The Balaban J connectivity index is 1.68. The SMILES string of the molecule is CC(=O)NCCOCCOCCNC(=O)c1cc2ccc(O)cc2oc1=O. The molecule has 0 spiro atoms. The van der Waals surface area contributed by atoms with Crippen molar-refractivity contribution in [2.45, 2.75) is 6.92 Å². The maximum absolute atomic E-state index is 12.1. The van der Waals surface area contributed by atoms with Crippen LogP contribution in [-0.2, 0) is 14.3 Å². The third-order valence-corrected chi connectivity index (χ3v) is 3.49. The molecular formula is C18H22N2O7. The third kappa shape index (κ3) is 6.72. The van der Waals surface area contributed by atoms with Crippen molar-refractivity contribution in [2.24, 2.45) is 0 Å². The van der Waals surface area contributed by atoms with Gasteiger partial charge in [0.15, 0.2) is 0 Å². The molecule has 0 fully saturated rings. The molecule has 1 heterocycles. The Hall–Kier alpha value is -2.91. The minimum atomic E-state index is -0.779. The molecule has 2 amide bonds. The number of fused-ring (bicyclic) bond motifs is 1. The van der Waals surface area contributed by atoms with E-state index in [4.69, 9.17) is 13.9 Å². The second kappa shape index (κ2) is 10.3. The second-order valence-electron chi connectivity index (χ2n) is 5.63. The first-order valence-corrected chi connectivity index (χ1v) is 8.42. The summed E-state index contributed by atoms with van der Waals surface area (Å²) in [5.74, 6) is -0.697. The molecule has 146 valence electrons. The highest BCUT2D eigenvalue weighted by Crippen LogP contribution is 2.19. The lowest BCUT2D eigenvalue weighted by Crippen LogP contribution is -2.31. The van der Waals surface area contributed by atoms with Crippen LogP contribution in [0.15, 0.2) is 33.5 Å². The molecule has 0 radical (unpaired) electrons. The molecule has 0 aliphatic carbocycles. The number of amides is 2. The minimum absolute atomic E-state index is 0.0286. The summed E-state index contributed by atoms with van der Waals surface area (Å²) in [5.41, 5.74) is -0.688. The van der Waals surface area contributed by atoms with Crippen molar-refractivity contribution in [3.05, 3.63) is 40.2 Å². The summed E-state index contributed by atoms with van der Waals surface area (Å²) in [4.78, 5) is 34.7. The molecular weight excluding hydrogens is 356 g/mol. The average Bonchev–Trinajstić information content (AvgIpc) is 2.62. The first-order valence-electron chi connectivity index (χ1n) is 8.42. The van der Waals surface area contributed by atoms with E-state index in [0.717, 1.165) is 0 Å². The third-order valence-electron chi connectivity index (χ3n) is 3.49. The Morgan fingerprint density at radius 3 is 2.37 bits per heavy atom. The van der Waals surface area contributed by atoms with Crippen LogP contribution in [0.3, 0.4) is 0 Å². The van der Waals surface area contributed by atoms with Gasteiger partial charge in [0.1, 0.15) is 16.9 Å². The van der Waals surface area contributed by atoms with Gasteiger partial charge in [-0.3, -0.25) is 9.59 Å². The summed E-state index contributed by atoms with van der Waals surface area (Å²) in [5, 5.41) is 15.1. The van der Waals surface area contributed by atoms with Crippen molar-refractivity contribution in [3.63, 3.8) is 0 Å². The summed E-state index contributed by atoms with van der Waals surface area (Å²) < 4.78 is 15.6. The molecule has 0 unspecified atom stereocenters. The predicted octanol–water partition coefficient (Wildman–Crippen LogP) is 0.398. The van der Waals surface area contributed by atoms with Gasteiger partial charge in [0, 0.05) is 31.5 Å². The molecule has 9 heteroatoms. The molecule has 3 N–H and O–H groups in total. The number of aromatic hydroxyl groups is 1. The number of nitrogens with one attached hydrogen (secondary N) is 2. The van der Waals surface area contributed by atoms with Crippen molar-refractivity contribution in [1.29, 1.82) is 0 Å². The maximum atomic E-state index is 12.1. The fourth-order valence-electron chi connectivity index (χ4n) is 2.21. The fourth-order valence-corrected chi connectivity index (χ4v) is 2.21. The standard InChI is InChI=1S/C18H22N2O7/c1-12(21)19-4-6-25-8-9-26-7-5-20-17(23)15-10-13-2-3-14(22)11-16(13)27-18(15)24/h2-3,10-11,22H,4-9H2,1H3,(H,19,21)(H,20,23). The number of hydrogen-bond donors (Lipinski definition) is 3. The van der Waals surface area contributed by atoms with Gasteiger partial charge in [0.2, 0.25) is 5.91 Å². The zero-order valence-electron chi connectivity index (χ0n) is 14.9. The molecule has 0 aliphatic heterocycles. The Bertz CT molecular complexity index is 847. The molecule has 2 aromatic rings. The van der Waals surface area contributed by atoms with Gasteiger partial charge in [-0.15, -0.1) is 0 Å². The summed E-state index contributed by atoms with van der Waals surface area (Å²) in [7, 11) is 0. The second-order valence-corrected chi connectivity index (χ2v) is 5.63. The normalized spacial score (nSPS) is 10.7. The van der Waals surface area contributed by atoms with Crippen molar-refractivity contribution in [1.82, 2.24) is 10.6 Å². The van der Waals surface area contributed by atoms with Crippen LogP contribution >= 0.6 is 0 Å². The largest absolute Gasteiger partial charge is 0.508 e. The van der Waals surface area contributed by atoms with Crippen LogP contribution in [0.2, 0.25) is 0 Å². The predicted molar refractivity (Wildman–Crippen MR) is 96.8 cm³/mol. The van der Waals surface area contributed by atoms with E-state index in [1.807, 2.05) is 0 Å². The van der Waals surface area contributed by atoms with E-state index in [-0.39, 0.29) is 36.0 Å². The number of benzene rings is 1. The van der Waals surface area contributed by atoms with Gasteiger partial charge in [0.25, 0.3) is 5.91 Å². The van der Waals surface area contributed by atoms with Gasteiger partial charge in [-0.25, -0.2) is 4.79 Å². The molecule has 1 aromatic carbocycles. The first-order chi connectivity index (χ1) is 13.0. The molecule has 0 bridgehead atoms. The Kier molecular flexibility index (Phi) is 7.78. The quantitative estimate of drug-likeness (QED) is 0.403. The molecule has 0 aliphatic rings. The van der Waals surface area contributed by atoms with E-state index in [1.54, 1.807) is 6.07 Å². The van der Waals surface area contributed by atoms with E-state index in [2.05, 4.69) is 10.6 Å². The van der Waals surface area contributed by atoms with Gasteiger partial charge in [0.05, 0.1) is 26.4 Å². The molecule has 27 heavy (non-hydrogen) atoms. The molecule has 0 saturated carbocycles. The highest BCUT2D eigenvalue weighted by atomic mass is 16.5.